The Labute approximate surface area is 138 Å². The van der Waals surface area contributed by atoms with Crippen LogP contribution in [0.2, 0.25) is 0 Å². The summed E-state index contributed by atoms with van der Waals surface area (Å²) in [4.78, 5) is 28.6. The van der Waals surface area contributed by atoms with Gasteiger partial charge in [0.05, 0.1) is 5.56 Å². The average Bonchev–Trinajstić information content (AvgIpc) is 3.11. The summed E-state index contributed by atoms with van der Waals surface area (Å²) in [5.74, 6) is 1.34. The van der Waals surface area contributed by atoms with Crippen LogP contribution >= 0.6 is 0 Å². The van der Waals surface area contributed by atoms with E-state index >= 15 is 0 Å². The number of aryl methyl sites for hydroxylation is 1. The van der Waals surface area contributed by atoms with Gasteiger partial charge < -0.3 is 9.84 Å². The molecule has 24 heavy (non-hydrogen) atoms. The lowest BCUT2D eigenvalue weighted by Gasteiger charge is -2.03. The van der Waals surface area contributed by atoms with Crippen molar-refractivity contribution >= 4 is 5.91 Å². The number of hydrogen-bond acceptors (Lipinski definition) is 7. The second kappa shape index (κ2) is 7.40. The summed E-state index contributed by atoms with van der Waals surface area (Å²) in [5.41, 5.74) is 1.07. The van der Waals surface area contributed by atoms with E-state index < -0.39 is 0 Å². The molecule has 3 heterocycles. The molecule has 0 unspecified atom stereocenters. The maximum absolute atomic E-state index is 12.0. The van der Waals surface area contributed by atoms with Crippen molar-refractivity contribution in [2.75, 3.05) is 6.54 Å². The van der Waals surface area contributed by atoms with Gasteiger partial charge in [0.15, 0.2) is 0 Å². The van der Waals surface area contributed by atoms with Gasteiger partial charge in [-0.05, 0) is 12.1 Å². The lowest BCUT2D eigenvalue weighted by Crippen LogP contribution is -2.26. The molecule has 1 amide bonds. The molecule has 0 bridgehead atoms. The first-order valence-electron chi connectivity index (χ1n) is 7.59. The van der Waals surface area contributed by atoms with Crippen LogP contribution in [0.15, 0.2) is 41.3 Å². The topological polar surface area (TPSA) is 107 Å². The molecular formula is C16H16N6O2. The van der Waals surface area contributed by atoms with Crippen LogP contribution in [0.1, 0.15) is 29.0 Å². The Hall–Kier alpha value is -3.16. The molecule has 0 radical (unpaired) electrons. The Morgan fingerprint density at radius 3 is 2.75 bits per heavy atom. The van der Waals surface area contributed by atoms with Gasteiger partial charge in [0.25, 0.3) is 5.91 Å². The molecule has 3 rings (SSSR count). The van der Waals surface area contributed by atoms with Crippen molar-refractivity contribution in [2.45, 2.75) is 19.8 Å². The fourth-order valence-electron chi connectivity index (χ4n) is 2.00. The fourth-order valence-corrected chi connectivity index (χ4v) is 2.00. The van der Waals surface area contributed by atoms with Crippen LogP contribution in [0.5, 0.6) is 0 Å². The molecule has 0 aliphatic carbocycles. The summed E-state index contributed by atoms with van der Waals surface area (Å²) < 4.78 is 5.16. The summed E-state index contributed by atoms with van der Waals surface area (Å²) in [5, 5.41) is 6.65. The van der Waals surface area contributed by atoms with Gasteiger partial charge in [0.2, 0.25) is 11.7 Å². The predicted molar refractivity (Wildman–Crippen MR) is 85.0 cm³/mol. The number of carbonyl (C=O) groups excluding carboxylic acids is 1. The van der Waals surface area contributed by atoms with Crippen LogP contribution in [-0.4, -0.2) is 37.5 Å². The summed E-state index contributed by atoms with van der Waals surface area (Å²) in [6.45, 7) is 2.33. The first kappa shape index (κ1) is 15.7. The number of nitrogens with one attached hydrogen (secondary N) is 1. The van der Waals surface area contributed by atoms with Gasteiger partial charge in [-0.15, -0.1) is 0 Å². The predicted octanol–water partition coefficient (Wildman–Crippen LogP) is 1.46. The first-order chi connectivity index (χ1) is 11.8. The van der Waals surface area contributed by atoms with E-state index in [0.29, 0.717) is 41.8 Å². The Kier molecular flexibility index (Phi) is 4.85. The molecule has 0 atom stereocenters. The van der Waals surface area contributed by atoms with Crippen LogP contribution < -0.4 is 5.32 Å². The highest BCUT2D eigenvalue weighted by Gasteiger charge is 2.11. The SMILES string of the molecule is CCc1ncc(C(=O)NCCc2nc(-c3ccccn3)no2)cn1. The summed E-state index contributed by atoms with van der Waals surface area (Å²) in [7, 11) is 0. The third-order valence-electron chi connectivity index (χ3n) is 3.27. The largest absolute Gasteiger partial charge is 0.351 e. The zero-order valence-corrected chi connectivity index (χ0v) is 13.1. The van der Waals surface area contributed by atoms with E-state index in [1.807, 2.05) is 19.1 Å². The van der Waals surface area contributed by atoms with Crippen LogP contribution in [0, 0.1) is 0 Å². The van der Waals surface area contributed by atoms with Crippen molar-refractivity contribution in [3.8, 4) is 11.5 Å². The summed E-state index contributed by atoms with van der Waals surface area (Å²) in [6, 6.07) is 5.47. The molecule has 0 aliphatic heterocycles. The Balaban J connectivity index is 1.53. The highest BCUT2D eigenvalue weighted by atomic mass is 16.5. The molecule has 8 heteroatoms. The monoisotopic (exact) mass is 324 g/mol. The minimum atomic E-state index is -0.234. The molecule has 0 aromatic carbocycles. The molecule has 0 saturated carbocycles. The maximum atomic E-state index is 12.0. The van der Waals surface area contributed by atoms with Gasteiger partial charge in [-0.1, -0.05) is 18.1 Å². The first-order valence-corrected chi connectivity index (χ1v) is 7.59. The van der Waals surface area contributed by atoms with E-state index in [2.05, 4.69) is 30.4 Å². The lowest BCUT2D eigenvalue weighted by atomic mass is 10.3. The maximum Gasteiger partial charge on any atom is 0.254 e. The Morgan fingerprint density at radius 1 is 1.21 bits per heavy atom. The molecule has 0 spiro atoms. The normalized spacial score (nSPS) is 10.5. The Morgan fingerprint density at radius 2 is 2.04 bits per heavy atom. The molecule has 3 aromatic heterocycles. The third-order valence-corrected chi connectivity index (χ3v) is 3.27. The van der Waals surface area contributed by atoms with E-state index in [9.17, 15) is 4.79 Å². The zero-order chi connectivity index (χ0) is 16.8. The second-order valence-corrected chi connectivity index (χ2v) is 4.97. The highest BCUT2D eigenvalue weighted by Crippen LogP contribution is 2.11. The smallest absolute Gasteiger partial charge is 0.254 e. The quantitative estimate of drug-likeness (QED) is 0.731. The van der Waals surface area contributed by atoms with Gasteiger partial charge in [-0.2, -0.15) is 4.98 Å². The van der Waals surface area contributed by atoms with Gasteiger partial charge in [-0.3, -0.25) is 9.78 Å². The van der Waals surface area contributed by atoms with E-state index in [-0.39, 0.29) is 5.91 Å². The van der Waals surface area contributed by atoms with E-state index in [1.54, 1.807) is 12.3 Å². The van der Waals surface area contributed by atoms with Crippen molar-refractivity contribution in [1.82, 2.24) is 30.4 Å². The standard InChI is InChI=1S/C16H16N6O2/c1-2-13-19-9-11(10-20-13)16(23)18-8-6-14-21-15(22-24-14)12-5-3-4-7-17-12/h3-5,7,9-10H,2,6,8H2,1H3,(H,18,23). The van der Waals surface area contributed by atoms with Crippen LogP contribution in [0.3, 0.4) is 0 Å². The molecule has 8 nitrogen and oxygen atoms in total. The summed E-state index contributed by atoms with van der Waals surface area (Å²) in [6.07, 6.45) is 5.87. The number of hydrogen-bond donors (Lipinski definition) is 1. The summed E-state index contributed by atoms with van der Waals surface area (Å²) >= 11 is 0. The van der Waals surface area contributed by atoms with Gasteiger partial charge in [0, 0.05) is 38.0 Å². The third kappa shape index (κ3) is 3.78. The van der Waals surface area contributed by atoms with E-state index in [0.717, 1.165) is 6.42 Å². The van der Waals surface area contributed by atoms with Gasteiger partial charge in [0.1, 0.15) is 11.5 Å². The molecule has 0 fully saturated rings. The zero-order valence-electron chi connectivity index (χ0n) is 13.1. The van der Waals surface area contributed by atoms with Crippen molar-refractivity contribution in [1.29, 1.82) is 0 Å². The second-order valence-electron chi connectivity index (χ2n) is 4.97. The molecule has 0 aliphatic rings. The van der Waals surface area contributed by atoms with Gasteiger partial charge in [-0.25, -0.2) is 9.97 Å². The van der Waals surface area contributed by atoms with Crippen LogP contribution in [0.25, 0.3) is 11.5 Å². The number of rotatable bonds is 6. The average molecular weight is 324 g/mol. The number of nitrogens with zero attached hydrogens (tertiary/aromatic N) is 5. The van der Waals surface area contributed by atoms with Crippen LogP contribution in [-0.2, 0) is 12.8 Å². The number of carbonyl (C=O) groups is 1. The minimum Gasteiger partial charge on any atom is -0.351 e. The minimum absolute atomic E-state index is 0.234. The molecule has 0 saturated heterocycles. The van der Waals surface area contributed by atoms with Gasteiger partial charge >= 0.3 is 0 Å². The Bertz CT molecular complexity index is 801. The van der Waals surface area contributed by atoms with Crippen molar-refractivity contribution < 1.29 is 9.32 Å². The van der Waals surface area contributed by atoms with E-state index in [1.165, 1.54) is 12.4 Å². The molecule has 3 aromatic rings. The lowest BCUT2D eigenvalue weighted by molar-refractivity contribution is 0.0952. The van der Waals surface area contributed by atoms with Crippen molar-refractivity contribution in [3.63, 3.8) is 0 Å². The van der Waals surface area contributed by atoms with E-state index in [4.69, 9.17) is 4.52 Å². The molecular weight excluding hydrogens is 308 g/mol. The number of pyridine rings is 1. The fraction of sp³-hybridized carbons (Fsp3) is 0.250. The molecule has 122 valence electrons. The van der Waals surface area contributed by atoms with Crippen LogP contribution in [0.4, 0.5) is 0 Å². The highest BCUT2D eigenvalue weighted by molar-refractivity contribution is 5.93. The van der Waals surface area contributed by atoms with Crippen molar-refractivity contribution in [2.24, 2.45) is 0 Å². The number of aromatic nitrogens is 5. The number of amides is 1. The van der Waals surface area contributed by atoms with Crippen molar-refractivity contribution in [3.05, 3.63) is 54.1 Å². The molecule has 1 N–H and O–H groups in total.